The normalized spacial score (nSPS) is 11.6. The number of hydrogen-bond donors (Lipinski definition) is 0. The second-order valence-electron chi connectivity index (χ2n) is 3.13. The van der Waals surface area contributed by atoms with Crippen LogP contribution in [-0.2, 0) is 17.4 Å². The SMILES string of the molecule is O=C(CCl)Cc1cccc(C(F)(F)F)c1Br. The molecule has 0 amide bonds. The van der Waals surface area contributed by atoms with Crippen LogP contribution in [0.15, 0.2) is 22.7 Å². The van der Waals surface area contributed by atoms with Crippen molar-refractivity contribution in [3.05, 3.63) is 33.8 Å². The first-order valence-corrected chi connectivity index (χ1v) is 5.61. The minimum Gasteiger partial charge on any atom is -0.298 e. The zero-order valence-corrected chi connectivity index (χ0v) is 10.3. The van der Waals surface area contributed by atoms with E-state index in [1.54, 1.807) is 0 Å². The lowest BCUT2D eigenvalue weighted by Gasteiger charge is -2.11. The van der Waals surface area contributed by atoms with E-state index in [9.17, 15) is 18.0 Å². The third-order valence-electron chi connectivity index (χ3n) is 1.92. The number of alkyl halides is 4. The maximum Gasteiger partial charge on any atom is 0.417 e. The molecule has 1 nitrogen and oxygen atoms in total. The van der Waals surface area contributed by atoms with Gasteiger partial charge in [0.25, 0.3) is 0 Å². The monoisotopic (exact) mass is 314 g/mol. The Morgan fingerprint density at radius 1 is 1.38 bits per heavy atom. The lowest BCUT2D eigenvalue weighted by molar-refractivity contribution is -0.138. The Bertz CT molecular complexity index is 404. The standard InChI is InChI=1S/C10H7BrClF3O/c11-9-6(4-7(16)5-12)2-1-3-8(9)10(13,14)15/h1-3H,4-5H2. The Morgan fingerprint density at radius 3 is 2.50 bits per heavy atom. The van der Waals surface area contributed by atoms with Crippen molar-refractivity contribution in [3.8, 4) is 0 Å². The van der Waals surface area contributed by atoms with Crippen molar-refractivity contribution in [2.75, 3.05) is 5.88 Å². The molecular formula is C10H7BrClF3O. The molecule has 0 atom stereocenters. The fraction of sp³-hybridized carbons (Fsp3) is 0.300. The zero-order valence-electron chi connectivity index (χ0n) is 7.94. The Morgan fingerprint density at radius 2 is 2.00 bits per heavy atom. The molecule has 6 heteroatoms. The van der Waals surface area contributed by atoms with Gasteiger partial charge in [-0.25, -0.2) is 0 Å². The lowest BCUT2D eigenvalue weighted by atomic mass is 10.1. The van der Waals surface area contributed by atoms with Gasteiger partial charge < -0.3 is 0 Å². The van der Waals surface area contributed by atoms with Crippen LogP contribution in [0.25, 0.3) is 0 Å². The highest BCUT2D eigenvalue weighted by atomic mass is 79.9. The molecule has 0 saturated heterocycles. The Kier molecular flexibility index (Phi) is 4.38. The second kappa shape index (κ2) is 5.19. The van der Waals surface area contributed by atoms with Crippen molar-refractivity contribution in [2.45, 2.75) is 12.6 Å². The zero-order chi connectivity index (χ0) is 12.3. The van der Waals surface area contributed by atoms with Gasteiger partial charge in [0, 0.05) is 10.9 Å². The van der Waals surface area contributed by atoms with Gasteiger partial charge >= 0.3 is 6.18 Å². The summed E-state index contributed by atoms with van der Waals surface area (Å²) in [5.74, 6) is -0.524. The molecule has 0 spiro atoms. The second-order valence-corrected chi connectivity index (χ2v) is 4.19. The van der Waals surface area contributed by atoms with E-state index >= 15 is 0 Å². The van der Waals surface area contributed by atoms with Crippen LogP contribution in [0.2, 0.25) is 0 Å². The molecule has 16 heavy (non-hydrogen) atoms. The number of hydrogen-bond acceptors (Lipinski definition) is 1. The van der Waals surface area contributed by atoms with Crippen molar-refractivity contribution >= 4 is 33.3 Å². The van der Waals surface area contributed by atoms with Gasteiger partial charge in [-0.2, -0.15) is 13.2 Å². The van der Waals surface area contributed by atoms with E-state index in [-0.39, 0.29) is 22.6 Å². The third-order valence-corrected chi connectivity index (χ3v) is 3.16. The molecule has 0 bridgehead atoms. The summed E-state index contributed by atoms with van der Waals surface area (Å²) in [7, 11) is 0. The predicted octanol–water partition coefficient (Wildman–Crippen LogP) is 3.82. The van der Waals surface area contributed by atoms with Crippen LogP contribution in [0.3, 0.4) is 0 Å². The molecule has 0 aromatic heterocycles. The van der Waals surface area contributed by atoms with Crippen LogP contribution in [0, 0.1) is 0 Å². The van der Waals surface area contributed by atoms with Crippen LogP contribution in [0.5, 0.6) is 0 Å². The first-order chi connectivity index (χ1) is 7.36. The van der Waals surface area contributed by atoms with E-state index in [1.807, 2.05) is 0 Å². The molecule has 0 aliphatic carbocycles. The van der Waals surface area contributed by atoms with E-state index in [0.29, 0.717) is 5.56 Å². The number of carbonyl (C=O) groups is 1. The molecule has 1 rings (SSSR count). The predicted molar refractivity (Wildman–Crippen MR) is 58.6 cm³/mol. The van der Waals surface area contributed by atoms with Crippen LogP contribution in [0.4, 0.5) is 13.2 Å². The summed E-state index contributed by atoms with van der Waals surface area (Å²) in [4.78, 5) is 11.1. The molecule has 0 aliphatic rings. The molecule has 1 aromatic rings. The summed E-state index contributed by atoms with van der Waals surface area (Å²) in [5.41, 5.74) is -0.493. The topological polar surface area (TPSA) is 17.1 Å². The largest absolute Gasteiger partial charge is 0.417 e. The first kappa shape index (κ1) is 13.5. The summed E-state index contributed by atoms with van der Waals surface area (Å²) in [6, 6.07) is 3.69. The number of ketones is 1. The smallest absolute Gasteiger partial charge is 0.298 e. The number of Topliss-reactive ketones (excluding diaryl/α,β-unsaturated/α-hetero) is 1. The number of halogens is 5. The van der Waals surface area contributed by atoms with Gasteiger partial charge in [0.1, 0.15) is 0 Å². The van der Waals surface area contributed by atoms with Crippen LogP contribution in [-0.4, -0.2) is 11.7 Å². The Balaban J connectivity index is 3.09. The van der Waals surface area contributed by atoms with Gasteiger partial charge in [-0.1, -0.05) is 12.1 Å². The average Bonchev–Trinajstić information content (AvgIpc) is 2.19. The molecule has 0 saturated carbocycles. The van der Waals surface area contributed by atoms with Gasteiger partial charge in [0.05, 0.1) is 11.4 Å². The Labute approximate surface area is 104 Å². The van der Waals surface area contributed by atoms with Crippen LogP contribution in [0.1, 0.15) is 11.1 Å². The molecule has 0 radical (unpaired) electrons. The van der Waals surface area contributed by atoms with E-state index in [0.717, 1.165) is 6.07 Å². The van der Waals surface area contributed by atoms with Gasteiger partial charge in [-0.15, -0.1) is 11.6 Å². The maximum absolute atomic E-state index is 12.5. The fourth-order valence-electron chi connectivity index (χ4n) is 1.19. The van der Waals surface area contributed by atoms with Crippen LogP contribution < -0.4 is 0 Å². The van der Waals surface area contributed by atoms with E-state index in [2.05, 4.69) is 15.9 Å². The molecule has 0 aliphatic heterocycles. The molecule has 0 heterocycles. The van der Waals surface area contributed by atoms with Gasteiger partial charge in [-0.05, 0) is 27.6 Å². The van der Waals surface area contributed by atoms with E-state index in [4.69, 9.17) is 11.6 Å². The Hall–Kier alpha value is -0.550. The number of carbonyl (C=O) groups excluding carboxylic acids is 1. The molecule has 0 N–H and O–H groups in total. The molecule has 1 aromatic carbocycles. The summed E-state index contributed by atoms with van der Waals surface area (Å²) in [6.45, 7) is 0. The number of benzene rings is 1. The highest BCUT2D eigenvalue weighted by Crippen LogP contribution is 2.36. The summed E-state index contributed by atoms with van der Waals surface area (Å²) in [5, 5.41) is 0. The van der Waals surface area contributed by atoms with Gasteiger partial charge in [0.2, 0.25) is 0 Å². The van der Waals surface area contributed by atoms with E-state index in [1.165, 1.54) is 12.1 Å². The van der Waals surface area contributed by atoms with Gasteiger partial charge in [0.15, 0.2) is 5.78 Å². The highest BCUT2D eigenvalue weighted by Gasteiger charge is 2.33. The fourth-order valence-corrected chi connectivity index (χ4v) is 1.92. The third kappa shape index (κ3) is 3.22. The first-order valence-electron chi connectivity index (χ1n) is 4.28. The van der Waals surface area contributed by atoms with Crippen molar-refractivity contribution in [2.24, 2.45) is 0 Å². The number of rotatable bonds is 3. The highest BCUT2D eigenvalue weighted by molar-refractivity contribution is 9.10. The molecular weight excluding hydrogens is 308 g/mol. The quantitative estimate of drug-likeness (QED) is 0.775. The van der Waals surface area contributed by atoms with E-state index < -0.39 is 11.7 Å². The van der Waals surface area contributed by atoms with Crippen LogP contribution >= 0.6 is 27.5 Å². The molecule has 88 valence electrons. The van der Waals surface area contributed by atoms with Gasteiger partial charge in [-0.3, -0.25) is 4.79 Å². The summed E-state index contributed by atoms with van der Waals surface area (Å²) < 4.78 is 37.4. The lowest BCUT2D eigenvalue weighted by Crippen LogP contribution is -2.10. The van der Waals surface area contributed by atoms with Crippen molar-refractivity contribution in [1.82, 2.24) is 0 Å². The van der Waals surface area contributed by atoms with Crippen molar-refractivity contribution in [1.29, 1.82) is 0 Å². The van der Waals surface area contributed by atoms with Crippen molar-refractivity contribution in [3.63, 3.8) is 0 Å². The van der Waals surface area contributed by atoms with Crippen molar-refractivity contribution < 1.29 is 18.0 Å². The molecule has 0 unspecified atom stereocenters. The minimum atomic E-state index is -4.43. The molecule has 0 fully saturated rings. The maximum atomic E-state index is 12.5. The minimum absolute atomic E-state index is 0.0963. The summed E-state index contributed by atoms with van der Waals surface area (Å²) in [6.07, 6.45) is -4.53. The summed E-state index contributed by atoms with van der Waals surface area (Å²) >= 11 is 8.16. The average molecular weight is 316 g/mol.